The number of aromatic nitrogens is 2. The van der Waals surface area contributed by atoms with E-state index in [4.69, 9.17) is 27.4 Å². The van der Waals surface area contributed by atoms with Crippen molar-refractivity contribution in [1.29, 1.82) is 0 Å². The fourth-order valence-electron chi connectivity index (χ4n) is 2.51. The molecule has 3 aromatic rings. The number of rotatable bonds is 7. The number of amides is 1. The number of para-hydroxylation sites is 1. The molecule has 0 spiro atoms. The molecular formula is C19H12BrCl2F3N4O4S. The Balaban J connectivity index is 1.71. The number of nitrogens with one attached hydrogen (secondary N) is 1. The second kappa shape index (κ2) is 10.3. The van der Waals surface area contributed by atoms with Crippen molar-refractivity contribution in [2.24, 2.45) is 5.10 Å². The molecule has 3 rings (SSSR count). The average Bonchev–Trinajstić information content (AvgIpc) is 3.00. The first-order valence-electron chi connectivity index (χ1n) is 8.98. The molecule has 180 valence electrons. The normalized spacial score (nSPS) is 12.2. The highest BCUT2D eigenvalue weighted by Crippen LogP contribution is 2.30. The third-order valence-corrected chi connectivity index (χ3v) is 6.70. The fraction of sp³-hybridized carbons (Fsp3) is 0.105. The zero-order chi connectivity index (χ0) is 25.1. The standard InChI is InChI=1S/C19H12BrCl2F3N4O4S/c20-18-27-16(21)17(22)29(18)10-15(30)28-26-9-11-3-1-2-4-14(11)33-34(31,32)13-7-5-12(6-8-13)19(23,24)25/h1-9H,10H2,(H,28,30). The van der Waals surface area contributed by atoms with Gasteiger partial charge in [-0.05, 0) is 52.3 Å². The number of hydrogen-bond donors (Lipinski definition) is 1. The maximum atomic E-state index is 12.7. The first-order valence-corrected chi connectivity index (χ1v) is 11.9. The molecule has 1 amide bonds. The molecule has 0 unspecified atom stereocenters. The second-order valence-electron chi connectivity index (χ2n) is 6.44. The Morgan fingerprint density at radius 2 is 1.82 bits per heavy atom. The van der Waals surface area contributed by atoms with Crippen LogP contribution in [0.5, 0.6) is 5.75 Å². The van der Waals surface area contributed by atoms with E-state index in [9.17, 15) is 26.4 Å². The molecule has 0 bridgehead atoms. The molecular weight excluding hydrogens is 588 g/mol. The van der Waals surface area contributed by atoms with E-state index >= 15 is 0 Å². The van der Waals surface area contributed by atoms with Crippen LogP contribution in [0.3, 0.4) is 0 Å². The summed E-state index contributed by atoms with van der Waals surface area (Å²) in [5.41, 5.74) is 1.40. The van der Waals surface area contributed by atoms with E-state index in [0.717, 1.165) is 18.3 Å². The summed E-state index contributed by atoms with van der Waals surface area (Å²) >= 11 is 14.8. The van der Waals surface area contributed by atoms with Gasteiger partial charge in [0.25, 0.3) is 5.91 Å². The summed E-state index contributed by atoms with van der Waals surface area (Å²) in [5, 5.41) is 3.80. The topological polar surface area (TPSA) is 103 Å². The van der Waals surface area contributed by atoms with E-state index < -0.39 is 32.7 Å². The van der Waals surface area contributed by atoms with Crippen LogP contribution >= 0.6 is 39.1 Å². The van der Waals surface area contributed by atoms with Gasteiger partial charge in [0.1, 0.15) is 16.6 Å². The summed E-state index contributed by atoms with van der Waals surface area (Å²) in [6.45, 7) is -0.267. The van der Waals surface area contributed by atoms with Crippen LogP contribution in [0.15, 0.2) is 63.3 Å². The first-order chi connectivity index (χ1) is 15.9. The van der Waals surface area contributed by atoms with Gasteiger partial charge in [0.2, 0.25) is 0 Å². The second-order valence-corrected chi connectivity index (χ2v) is 9.41. The smallest absolute Gasteiger partial charge is 0.378 e. The van der Waals surface area contributed by atoms with E-state index in [1.807, 2.05) is 0 Å². The molecule has 15 heteroatoms. The van der Waals surface area contributed by atoms with E-state index in [2.05, 4.69) is 31.4 Å². The van der Waals surface area contributed by atoms with Crippen molar-refractivity contribution < 1.29 is 30.6 Å². The highest BCUT2D eigenvalue weighted by atomic mass is 79.9. The lowest BCUT2D eigenvalue weighted by Gasteiger charge is -2.11. The van der Waals surface area contributed by atoms with Crippen molar-refractivity contribution in [3.63, 3.8) is 0 Å². The molecule has 0 aliphatic heterocycles. The van der Waals surface area contributed by atoms with Crippen LogP contribution in [0.25, 0.3) is 0 Å². The first kappa shape index (κ1) is 26.0. The number of halogens is 6. The van der Waals surface area contributed by atoms with Crippen molar-refractivity contribution in [3.8, 4) is 5.75 Å². The molecule has 0 aliphatic rings. The summed E-state index contributed by atoms with van der Waals surface area (Å²) in [5.74, 6) is -0.753. The summed E-state index contributed by atoms with van der Waals surface area (Å²) in [7, 11) is -4.45. The quantitative estimate of drug-likeness (QED) is 0.237. The Hall–Kier alpha value is -2.61. The number of alkyl halides is 3. The molecule has 0 fully saturated rings. The molecule has 1 heterocycles. The molecule has 8 nitrogen and oxygen atoms in total. The monoisotopic (exact) mass is 598 g/mol. The number of benzene rings is 2. The van der Waals surface area contributed by atoms with Gasteiger partial charge in [0, 0.05) is 5.56 Å². The van der Waals surface area contributed by atoms with Crippen molar-refractivity contribution in [3.05, 3.63) is 74.7 Å². The Morgan fingerprint density at radius 1 is 1.18 bits per heavy atom. The van der Waals surface area contributed by atoms with E-state index in [1.165, 1.54) is 22.8 Å². The maximum Gasteiger partial charge on any atom is 0.416 e. The van der Waals surface area contributed by atoms with Crippen LogP contribution in [0.4, 0.5) is 13.2 Å². The van der Waals surface area contributed by atoms with E-state index in [1.54, 1.807) is 6.07 Å². The molecule has 0 radical (unpaired) electrons. The molecule has 0 saturated heterocycles. The maximum absolute atomic E-state index is 12.7. The van der Waals surface area contributed by atoms with Crippen molar-refractivity contribution in [2.45, 2.75) is 17.6 Å². The van der Waals surface area contributed by atoms with E-state index in [0.29, 0.717) is 12.1 Å². The molecule has 1 aromatic heterocycles. The largest absolute Gasteiger partial charge is 0.416 e. The molecule has 0 saturated carbocycles. The lowest BCUT2D eigenvalue weighted by Crippen LogP contribution is -2.23. The van der Waals surface area contributed by atoms with Crippen LogP contribution in [0.2, 0.25) is 10.3 Å². The lowest BCUT2D eigenvalue weighted by atomic mass is 10.2. The molecule has 0 aliphatic carbocycles. The predicted octanol–water partition coefficient (Wildman–Crippen LogP) is 4.89. The van der Waals surface area contributed by atoms with Gasteiger partial charge >= 0.3 is 16.3 Å². The van der Waals surface area contributed by atoms with Crippen LogP contribution in [0, 0.1) is 0 Å². The predicted molar refractivity (Wildman–Crippen MR) is 121 cm³/mol. The van der Waals surface area contributed by atoms with Crippen LogP contribution < -0.4 is 9.61 Å². The van der Waals surface area contributed by atoms with Crippen molar-refractivity contribution >= 4 is 61.4 Å². The van der Waals surface area contributed by atoms with E-state index in [-0.39, 0.29) is 32.9 Å². The Labute approximate surface area is 209 Å². The van der Waals surface area contributed by atoms with Gasteiger partial charge in [-0.1, -0.05) is 35.3 Å². The fourth-order valence-corrected chi connectivity index (χ4v) is 4.51. The molecule has 1 N–H and O–H groups in total. The Bertz CT molecular complexity index is 1350. The highest BCUT2D eigenvalue weighted by Gasteiger charge is 2.31. The van der Waals surface area contributed by atoms with Crippen LogP contribution in [-0.2, 0) is 27.6 Å². The van der Waals surface area contributed by atoms with Gasteiger partial charge in [-0.15, -0.1) is 0 Å². The number of hydrogen-bond acceptors (Lipinski definition) is 6. The number of carbonyl (C=O) groups is 1. The van der Waals surface area contributed by atoms with Crippen LogP contribution in [-0.4, -0.2) is 30.1 Å². The van der Waals surface area contributed by atoms with Gasteiger partial charge in [0.15, 0.2) is 15.6 Å². The minimum atomic E-state index is -4.61. The number of imidazole rings is 1. The lowest BCUT2D eigenvalue weighted by molar-refractivity contribution is -0.137. The number of hydrazone groups is 1. The molecule has 2 aromatic carbocycles. The van der Waals surface area contributed by atoms with Gasteiger partial charge in [-0.2, -0.15) is 26.7 Å². The zero-order valence-electron chi connectivity index (χ0n) is 16.6. The summed E-state index contributed by atoms with van der Waals surface area (Å²) in [6.07, 6.45) is -3.48. The minimum Gasteiger partial charge on any atom is -0.378 e. The summed E-state index contributed by atoms with van der Waals surface area (Å²) < 4.78 is 69.7. The minimum absolute atomic E-state index is 0.00479. The Kier molecular flexibility index (Phi) is 7.91. The van der Waals surface area contributed by atoms with Gasteiger partial charge in [-0.25, -0.2) is 10.4 Å². The number of carbonyl (C=O) groups excluding carboxylic acids is 1. The summed E-state index contributed by atoms with van der Waals surface area (Å²) in [4.78, 5) is 15.5. The average molecular weight is 600 g/mol. The van der Waals surface area contributed by atoms with Gasteiger partial charge < -0.3 is 4.18 Å². The van der Waals surface area contributed by atoms with Gasteiger partial charge in [0.05, 0.1) is 11.8 Å². The Morgan fingerprint density at radius 3 is 2.41 bits per heavy atom. The molecule has 0 atom stereocenters. The number of nitrogens with zero attached hydrogens (tertiary/aromatic N) is 3. The van der Waals surface area contributed by atoms with Crippen molar-refractivity contribution in [2.75, 3.05) is 0 Å². The SMILES string of the molecule is O=C(Cn1c(Br)nc(Cl)c1Cl)NN=Cc1ccccc1OS(=O)(=O)c1ccc(C(F)(F)F)cc1. The van der Waals surface area contributed by atoms with Gasteiger partial charge in [-0.3, -0.25) is 9.36 Å². The third-order valence-electron chi connectivity index (χ3n) is 4.10. The molecule has 34 heavy (non-hydrogen) atoms. The summed E-state index contributed by atoms with van der Waals surface area (Å²) in [6, 6.07) is 8.67. The third kappa shape index (κ3) is 6.29. The van der Waals surface area contributed by atoms with Crippen LogP contribution in [0.1, 0.15) is 11.1 Å². The zero-order valence-corrected chi connectivity index (χ0v) is 20.5. The highest BCUT2D eigenvalue weighted by molar-refractivity contribution is 9.10. The van der Waals surface area contributed by atoms with Crippen molar-refractivity contribution in [1.82, 2.24) is 15.0 Å².